The molecule has 0 bridgehead atoms. The summed E-state index contributed by atoms with van der Waals surface area (Å²) in [5, 5.41) is 0. The summed E-state index contributed by atoms with van der Waals surface area (Å²) >= 11 is 0. The van der Waals surface area contributed by atoms with Gasteiger partial charge in [0, 0.05) is 46.4 Å². The minimum atomic E-state index is -0.600. The van der Waals surface area contributed by atoms with Crippen molar-refractivity contribution in [1.29, 1.82) is 0 Å². The first-order chi connectivity index (χ1) is 9.89. The second-order valence-corrected chi connectivity index (χ2v) is 2.03. The Balaban J connectivity index is -0.0000000203. The summed E-state index contributed by atoms with van der Waals surface area (Å²) < 4.78 is 57.4. The Labute approximate surface area is 149 Å². The van der Waals surface area contributed by atoms with Gasteiger partial charge in [-0.15, -0.1) is 11.8 Å². The summed E-state index contributed by atoms with van der Waals surface area (Å²) in [5.74, 6) is 5.78. The molecule has 0 aromatic carbocycles. The van der Waals surface area contributed by atoms with Crippen molar-refractivity contribution < 1.29 is 65.9 Å². The van der Waals surface area contributed by atoms with Gasteiger partial charge in [0.1, 0.15) is 6.17 Å². The number of hydrogen-bond donors (Lipinski definition) is 0. The normalized spacial score (nSPS) is 8.23. The SMILES string of the molecule is FC1CCC#CCC1.[C-]#[O+].[C-]#[O+].[C-]#[O+].[C-]#[O+].[C-]#[O+].[C-]#[O+].[Co].[Co]. The van der Waals surface area contributed by atoms with Gasteiger partial charge in [0.2, 0.25) is 0 Å². The van der Waals surface area contributed by atoms with Crippen LogP contribution in [0, 0.1) is 51.7 Å². The molecule has 0 saturated carbocycles. The summed E-state index contributed by atoms with van der Waals surface area (Å²) in [7, 11) is 0. The van der Waals surface area contributed by atoms with Gasteiger partial charge in [0.05, 0.1) is 0 Å². The van der Waals surface area contributed by atoms with Gasteiger partial charge in [-0.1, -0.05) is 0 Å². The first kappa shape index (κ1) is 49.7. The van der Waals surface area contributed by atoms with E-state index in [1.807, 2.05) is 0 Å². The Bertz CT molecular complexity index is 277. The van der Waals surface area contributed by atoms with E-state index in [1.54, 1.807) is 0 Å². The molecule has 1 rings (SSSR count). The van der Waals surface area contributed by atoms with Crippen LogP contribution in [0.25, 0.3) is 0 Å². The maximum atomic E-state index is 12.4. The van der Waals surface area contributed by atoms with Crippen molar-refractivity contribution in [3.05, 3.63) is 39.9 Å². The van der Waals surface area contributed by atoms with Crippen LogP contribution in [0.5, 0.6) is 0 Å². The van der Waals surface area contributed by atoms with Crippen LogP contribution in [-0.2, 0) is 61.5 Å². The Morgan fingerprint density at radius 1 is 0.591 bits per heavy atom. The van der Waals surface area contributed by atoms with E-state index in [-0.39, 0.29) is 33.6 Å². The Morgan fingerprint density at radius 2 is 0.773 bits per heavy atom. The topological polar surface area (TPSA) is 119 Å². The first-order valence-corrected chi connectivity index (χ1v) is 4.22. The van der Waals surface area contributed by atoms with Crippen LogP contribution < -0.4 is 0 Å². The van der Waals surface area contributed by atoms with Crippen molar-refractivity contribution in [1.82, 2.24) is 0 Å². The number of alkyl halides is 1. The van der Waals surface area contributed by atoms with Crippen LogP contribution in [0.15, 0.2) is 0 Å². The summed E-state index contributed by atoms with van der Waals surface area (Å²) in [5.41, 5.74) is 0. The Hall–Kier alpha value is -1.06. The maximum Gasteiger partial charge on any atom is 0 e. The number of halogens is 1. The molecule has 0 aromatic heterocycles. The van der Waals surface area contributed by atoms with E-state index in [0.717, 1.165) is 12.8 Å². The summed E-state index contributed by atoms with van der Waals surface area (Å²) in [6.07, 6.45) is 2.19. The molecule has 1 aliphatic carbocycles. The maximum absolute atomic E-state index is 12.4. The largest absolute Gasteiger partial charge is 0 e. The van der Waals surface area contributed by atoms with Crippen molar-refractivity contribution in [2.75, 3.05) is 0 Å². The van der Waals surface area contributed by atoms with Crippen LogP contribution in [0.3, 0.4) is 0 Å². The quantitative estimate of drug-likeness (QED) is 0.335. The van der Waals surface area contributed by atoms with E-state index >= 15 is 0 Å². The fourth-order valence-electron chi connectivity index (χ4n) is 0.779. The zero-order chi connectivity index (χ0) is 17.8. The molecule has 0 saturated heterocycles. The molecule has 0 aromatic rings. The first-order valence-electron chi connectivity index (χ1n) is 4.22. The Morgan fingerprint density at radius 3 is 0.955 bits per heavy atom. The molecule has 0 amide bonds. The van der Waals surface area contributed by atoms with Crippen molar-refractivity contribution >= 4 is 0 Å². The third kappa shape index (κ3) is 96.7. The molecule has 1 aliphatic rings. The minimum absolute atomic E-state index is 0. The van der Waals surface area contributed by atoms with Gasteiger partial charge in [-0.05, 0) is 12.8 Å². The molecule has 9 heteroatoms. The monoisotopic (exact) mass is 398 g/mol. The molecule has 0 atom stereocenters. The average molecular weight is 398 g/mol. The summed E-state index contributed by atoms with van der Waals surface area (Å²) in [6, 6.07) is 0. The molecule has 0 fully saturated rings. The zero-order valence-electron chi connectivity index (χ0n) is 10.9. The second-order valence-electron chi connectivity index (χ2n) is 2.03. The van der Waals surface area contributed by atoms with Gasteiger partial charge in [0.15, 0.2) is 0 Å². The molecular weight excluding hydrogens is 389 g/mol. The third-order valence-electron chi connectivity index (χ3n) is 1.29. The van der Waals surface area contributed by atoms with E-state index < -0.39 is 6.17 Å². The molecule has 0 spiro atoms. The smallest absolute Gasteiger partial charge is 0 e. The molecular formula is C13H9Co2FO6. The molecule has 0 N–H and O–H groups in total. The van der Waals surface area contributed by atoms with Gasteiger partial charge >= 0.3 is 67.8 Å². The van der Waals surface area contributed by atoms with E-state index in [0.29, 0.717) is 12.8 Å². The molecule has 2 radical (unpaired) electrons. The molecule has 22 heavy (non-hydrogen) atoms. The summed E-state index contributed by atoms with van der Waals surface area (Å²) in [4.78, 5) is 0. The van der Waals surface area contributed by atoms with Crippen LogP contribution >= 0.6 is 0 Å². The van der Waals surface area contributed by atoms with Crippen LogP contribution in [0.1, 0.15) is 25.7 Å². The molecule has 0 unspecified atom stereocenters. The predicted molar refractivity (Wildman–Crippen MR) is 54.7 cm³/mol. The van der Waals surface area contributed by atoms with Crippen molar-refractivity contribution in [3.63, 3.8) is 0 Å². The van der Waals surface area contributed by atoms with E-state index in [2.05, 4.69) is 51.7 Å². The summed E-state index contributed by atoms with van der Waals surface area (Å²) in [6.45, 7) is 27.0. The predicted octanol–water partition coefficient (Wildman–Crippen LogP) is 1.67. The number of rotatable bonds is 0. The van der Waals surface area contributed by atoms with Crippen molar-refractivity contribution in [2.45, 2.75) is 31.9 Å². The van der Waals surface area contributed by atoms with Gasteiger partial charge in [-0.2, -0.15) is 0 Å². The van der Waals surface area contributed by atoms with Gasteiger partial charge in [-0.25, -0.2) is 4.39 Å². The van der Waals surface area contributed by atoms with Crippen molar-refractivity contribution in [3.8, 4) is 11.8 Å². The van der Waals surface area contributed by atoms with Crippen LogP contribution in [-0.4, -0.2) is 6.17 Å². The standard InChI is InChI=1S/C7H9F.6CO.2Co/c8-7-5-3-1-2-4-6-7;6*1-2;;/h7H,3-6H2;;;;;;;;. The van der Waals surface area contributed by atoms with E-state index in [9.17, 15) is 4.39 Å². The third-order valence-corrected chi connectivity index (χ3v) is 1.29. The number of hydrogen-bond acceptors (Lipinski definition) is 0. The fraction of sp³-hybridized carbons (Fsp3) is 0.385. The van der Waals surface area contributed by atoms with Gasteiger partial charge < -0.3 is 0 Å². The van der Waals surface area contributed by atoms with E-state index in [4.69, 9.17) is 27.9 Å². The Kier molecular flexibility index (Phi) is 256. The van der Waals surface area contributed by atoms with Crippen LogP contribution in [0.4, 0.5) is 4.39 Å². The average Bonchev–Trinajstić information content (AvgIpc) is 2.86. The fourth-order valence-corrected chi connectivity index (χ4v) is 0.779. The zero-order valence-corrected chi connectivity index (χ0v) is 13.0. The van der Waals surface area contributed by atoms with Gasteiger partial charge in [0.25, 0.3) is 0 Å². The van der Waals surface area contributed by atoms with Gasteiger partial charge in [-0.3, -0.25) is 0 Å². The molecule has 0 heterocycles. The van der Waals surface area contributed by atoms with Crippen LogP contribution in [0.2, 0.25) is 0 Å². The van der Waals surface area contributed by atoms with Crippen molar-refractivity contribution in [2.24, 2.45) is 0 Å². The second kappa shape index (κ2) is 113. The molecule has 0 aliphatic heterocycles. The van der Waals surface area contributed by atoms with E-state index in [1.165, 1.54) is 0 Å². The molecule has 122 valence electrons. The molecule has 6 nitrogen and oxygen atoms in total. The minimum Gasteiger partial charge on any atom is 0 e.